The first kappa shape index (κ1) is 12.4. The highest BCUT2D eigenvalue weighted by Crippen LogP contribution is 2.18. The second-order valence-electron chi connectivity index (χ2n) is 4.41. The van der Waals surface area contributed by atoms with Crippen LogP contribution >= 0.6 is 0 Å². The third-order valence-corrected chi connectivity index (χ3v) is 2.98. The second kappa shape index (κ2) is 5.54. The molecule has 2 heterocycles. The molecule has 0 saturated carbocycles. The van der Waals surface area contributed by atoms with Crippen LogP contribution in [0.1, 0.15) is 5.56 Å². The normalized spacial score (nSPS) is 10.4. The monoisotopic (exact) mass is 265 g/mol. The molecule has 0 aliphatic rings. The van der Waals surface area contributed by atoms with Crippen LogP contribution in [0.25, 0.3) is 11.3 Å². The Hall–Kier alpha value is -2.66. The Balaban J connectivity index is 1.78. The zero-order valence-electron chi connectivity index (χ0n) is 10.9. The van der Waals surface area contributed by atoms with Crippen LogP contribution in [-0.2, 0) is 6.54 Å². The van der Waals surface area contributed by atoms with E-state index in [9.17, 15) is 0 Å². The summed E-state index contributed by atoms with van der Waals surface area (Å²) in [6.07, 6.45) is 5.45. The molecule has 0 bridgehead atoms. The molecule has 2 aromatic heterocycles. The number of nitrogens with zero attached hydrogens (tertiary/aromatic N) is 2. The first-order chi connectivity index (χ1) is 9.85. The van der Waals surface area contributed by atoms with Crippen molar-refractivity contribution in [1.82, 2.24) is 15.0 Å². The van der Waals surface area contributed by atoms with E-state index in [0.29, 0.717) is 12.5 Å². The van der Waals surface area contributed by atoms with E-state index in [4.69, 9.17) is 5.73 Å². The number of H-pyrrole nitrogens is 1. The fourth-order valence-electron chi connectivity index (χ4n) is 1.95. The van der Waals surface area contributed by atoms with Gasteiger partial charge in [0, 0.05) is 42.1 Å². The number of aromatic amines is 1. The molecule has 100 valence electrons. The molecule has 3 rings (SSSR count). The van der Waals surface area contributed by atoms with Gasteiger partial charge in [-0.05, 0) is 29.8 Å². The molecule has 20 heavy (non-hydrogen) atoms. The maximum Gasteiger partial charge on any atom is 0.227 e. The van der Waals surface area contributed by atoms with Gasteiger partial charge in [0.05, 0.1) is 0 Å². The molecule has 0 radical (unpaired) electrons. The molecule has 0 saturated heterocycles. The van der Waals surface area contributed by atoms with Crippen molar-refractivity contribution < 1.29 is 0 Å². The zero-order chi connectivity index (χ0) is 13.8. The van der Waals surface area contributed by atoms with Gasteiger partial charge in [-0.15, -0.1) is 0 Å². The Morgan fingerprint density at radius 1 is 1.10 bits per heavy atom. The summed E-state index contributed by atoms with van der Waals surface area (Å²) in [4.78, 5) is 11.7. The molecular formula is C15H15N5. The highest BCUT2D eigenvalue weighted by atomic mass is 15.1. The van der Waals surface area contributed by atoms with Crippen LogP contribution in [0.5, 0.6) is 0 Å². The number of nitrogens with two attached hydrogens (primary N) is 1. The minimum absolute atomic E-state index is 0.516. The fourth-order valence-corrected chi connectivity index (χ4v) is 1.95. The summed E-state index contributed by atoms with van der Waals surface area (Å²) in [5.41, 5.74) is 9.58. The van der Waals surface area contributed by atoms with Gasteiger partial charge in [0.15, 0.2) is 0 Å². The highest BCUT2D eigenvalue weighted by molar-refractivity contribution is 5.59. The lowest BCUT2D eigenvalue weighted by Gasteiger charge is -2.06. The topological polar surface area (TPSA) is 79.6 Å². The molecule has 3 aromatic rings. The quantitative estimate of drug-likeness (QED) is 0.677. The number of hydrogen-bond donors (Lipinski definition) is 3. The Labute approximate surface area is 116 Å². The number of rotatable bonds is 4. The summed E-state index contributed by atoms with van der Waals surface area (Å²) in [5, 5.41) is 3.16. The minimum atomic E-state index is 0.516. The van der Waals surface area contributed by atoms with E-state index in [0.717, 1.165) is 22.5 Å². The van der Waals surface area contributed by atoms with E-state index in [-0.39, 0.29) is 0 Å². The van der Waals surface area contributed by atoms with Crippen LogP contribution in [0.3, 0.4) is 0 Å². The maximum atomic E-state index is 5.62. The Morgan fingerprint density at radius 3 is 2.65 bits per heavy atom. The molecule has 0 aliphatic carbocycles. The van der Waals surface area contributed by atoms with Gasteiger partial charge in [-0.25, -0.2) is 9.97 Å². The van der Waals surface area contributed by atoms with E-state index < -0.39 is 0 Å². The largest absolute Gasteiger partial charge is 0.361 e. The molecule has 4 N–H and O–H groups in total. The predicted molar refractivity (Wildman–Crippen MR) is 79.4 cm³/mol. The zero-order valence-corrected chi connectivity index (χ0v) is 10.9. The van der Waals surface area contributed by atoms with Crippen molar-refractivity contribution in [2.24, 2.45) is 5.73 Å². The summed E-state index contributed by atoms with van der Waals surface area (Å²) in [6, 6.07) is 11.8. The van der Waals surface area contributed by atoms with Crippen molar-refractivity contribution in [2.75, 3.05) is 5.32 Å². The SMILES string of the molecule is NCc1cccc(Nc2ncc(-c3ccc[nH]3)cn2)c1. The van der Waals surface area contributed by atoms with E-state index in [1.54, 1.807) is 12.4 Å². The lowest BCUT2D eigenvalue weighted by Crippen LogP contribution is -1.99. The average molecular weight is 265 g/mol. The van der Waals surface area contributed by atoms with Crippen LogP contribution < -0.4 is 11.1 Å². The minimum Gasteiger partial charge on any atom is -0.361 e. The van der Waals surface area contributed by atoms with Gasteiger partial charge in [0.1, 0.15) is 0 Å². The van der Waals surface area contributed by atoms with Crippen molar-refractivity contribution in [3.63, 3.8) is 0 Å². The summed E-state index contributed by atoms with van der Waals surface area (Å²) in [7, 11) is 0. The molecule has 0 fully saturated rings. The number of anilines is 2. The Kier molecular flexibility index (Phi) is 3.43. The van der Waals surface area contributed by atoms with Gasteiger partial charge >= 0.3 is 0 Å². The van der Waals surface area contributed by atoms with E-state index in [1.165, 1.54) is 0 Å². The van der Waals surface area contributed by atoms with Crippen molar-refractivity contribution in [1.29, 1.82) is 0 Å². The lowest BCUT2D eigenvalue weighted by atomic mass is 10.2. The lowest BCUT2D eigenvalue weighted by molar-refractivity contribution is 1.07. The van der Waals surface area contributed by atoms with E-state index in [1.807, 2.05) is 42.6 Å². The molecule has 0 aliphatic heterocycles. The van der Waals surface area contributed by atoms with Crippen molar-refractivity contribution in [2.45, 2.75) is 6.54 Å². The van der Waals surface area contributed by atoms with Crippen molar-refractivity contribution >= 4 is 11.6 Å². The molecule has 0 amide bonds. The molecule has 0 unspecified atom stereocenters. The van der Waals surface area contributed by atoms with Crippen LogP contribution in [0.2, 0.25) is 0 Å². The summed E-state index contributed by atoms with van der Waals surface area (Å²) in [6.45, 7) is 0.516. The number of benzene rings is 1. The molecule has 1 aromatic carbocycles. The van der Waals surface area contributed by atoms with E-state index >= 15 is 0 Å². The first-order valence-corrected chi connectivity index (χ1v) is 6.37. The molecule has 5 nitrogen and oxygen atoms in total. The van der Waals surface area contributed by atoms with E-state index in [2.05, 4.69) is 20.3 Å². The van der Waals surface area contributed by atoms with Gasteiger partial charge in [-0.1, -0.05) is 12.1 Å². The Morgan fingerprint density at radius 2 is 1.95 bits per heavy atom. The van der Waals surface area contributed by atoms with Gasteiger partial charge < -0.3 is 16.0 Å². The standard InChI is InChI=1S/C15H15N5/c16-8-11-3-1-4-13(7-11)20-15-18-9-12(10-19-15)14-5-2-6-17-14/h1-7,9-10,17H,8,16H2,(H,18,19,20). The number of nitrogens with one attached hydrogen (secondary N) is 2. The number of aromatic nitrogens is 3. The smallest absolute Gasteiger partial charge is 0.227 e. The van der Waals surface area contributed by atoms with Crippen molar-refractivity contribution in [3.8, 4) is 11.3 Å². The van der Waals surface area contributed by atoms with Gasteiger partial charge in [-0.2, -0.15) is 0 Å². The molecular weight excluding hydrogens is 250 g/mol. The maximum absolute atomic E-state index is 5.62. The average Bonchev–Trinajstić information content (AvgIpc) is 3.02. The van der Waals surface area contributed by atoms with Gasteiger partial charge in [0.2, 0.25) is 5.95 Å². The fraction of sp³-hybridized carbons (Fsp3) is 0.0667. The second-order valence-corrected chi connectivity index (χ2v) is 4.41. The highest BCUT2D eigenvalue weighted by Gasteiger charge is 2.02. The summed E-state index contributed by atoms with van der Waals surface area (Å²) in [5.74, 6) is 0.564. The third-order valence-electron chi connectivity index (χ3n) is 2.98. The summed E-state index contributed by atoms with van der Waals surface area (Å²) >= 11 is 0. The first-order valence-electron chi connectivity index (χ1n) is 6.37. The van der Waals surface area contributed by atoms with Crippen LogP contribution in [0.15, 0.2) is 55.0 Å². The van der Waals surface area contributed by atoms with Crippen LogP contribution in [-0.4, -0.2) is 15.0 Å². The predicted octanol–water partition coefficient (Wildman–Crippen LogP) is 2.67. The van der Waals surface area contributed by atoms with Crippen molar-refractivity contribution in [3.05, 3.63) is 60.6 Å². The molecule has 0 atom stereocenters. The molecule has 0 spiro atoms. The van der Waals surface area contributed by atoms with Gasteiger partial charge in [-0.3, -0.25) is 0 Å². The number of hydrogen-bond acceptors (Lipinski definition) is 4. The van der Waals surface area contributed by atoms with Crippen LogP contribution in [0.4, 0.5) is 11.6 Å². The molecule has 5 heteroatoms. The summed E-state index contributed by atoms with van der Waals surface area (Å²) < 4.78 is 0. The third kappa shape index (κ3) is 2.67. The Bertz CT molecular complexity index is 674. The van der Waals surface area contributed by atoms with Gasteiger partial charge in [0.25, 0.3) is 0 Å². The van der Waals surface area contributed by atoms with Crippen LogP contribution in [0, 0.1) is 0 Å².